The van der Waals surface area contributed by atoms with Gasteiger partial charge in [0.1, 0.15) is 0 Å². The van der Waals surface area contributed by atoms with Gasteiger partial charge in [-0.05, 0) is 39.0 Å². The SMILES string of the molecule is Cc1cc(C)n(-c2ccc(Cl)c(C(=O)OC(C)C(=O)NC(N)=O)n2)n1. The predicted octanol–water partition coefficient (Wildman–Crippen LogP) is 1.28. The van der Waals surface area contributed by atoms with Crippen LogP contribution in [0.3, 0.4) is 0 Å². The van der Waals surface area contributed by atoms with Gasteiger partial charge in [-0.15, -0.1) is 0 Å². The van der Waals surface area contributed by atoms with E-state index in [-0.39, 0.29) is 10.7 Å². The predicted molar refractivity (Wildman–Crippen MR) is 88.4 cm³/mol. The molecule has 1 atom stereocenters. The van der Waals surface area contributed by atoms with E-state index >= 15 is 0 Å². The zero-order chi connectivity index (χ0) is 18.7. The maximum Gasteiger partial charge on any atom is 0.359 e. The number of primary amides is 1. The number of nitrogens with one attached hydrogen (secondary N) is 1. The zero-order valence-electron chi connectivity index (χ0n) is 13.7. The third-order valence-electron chi connectivity index (χ3n) is 3.15. The van der Waals surface area contributed by atoms with Crippen molar-refractivity contribution in [3.05, 3.63) is 40.3 Å². The van der Waals surface area contributed by atoms with Crippen molar-refractivity contribution in [1.29, 1.82) is 0 Å². The summed E-state index contributed by atoms with van der Waals surface area (Å²) in [6.45, 7) is 4.95. The summed E-state index contributed by atoms with van der Waals surface area (Å²) >= 11 is 6.00. The Kier molecular flexibility index (Phi) is 5.38. The number of halogens is 1. The van der Waals surface area contributed by atoms with E-state index in [1.807, 2.05) is 25.2 Å². The summed E-state index contributed by atoms with van der Waals surface area (Å²) in [5.41, 5.74) is 6.27. The molecule has 132 valence electrons. The van der Waals surface area contributed by atoms with E-state index < -0.39 is 24.0 Å². The number of aryl methyl sites for hydroxylation is 2. The average Bonchev–Trinajstić information content (AvgIpc) is 2.85. The van der Waals surface area contributed by atoms with Gasteiger partial charge in [0.25, 0.3) is 5.91 Å². The van der Waals surface area contributed by atoms with Crippen LogP contribution < -0.4 is 11.1 Å². The Balaban J connectivity index is 2.25. The van der Waals surface area contributed by atoms with Crippen molar-refractivity contribution in [2.75, 3.05) is 0 Å². The Labute approximate surface area is 148 Å². The Morgan fingerprint density at radius 2 is 2.00 bits per heavy atom. The maximum absolute atomic E-state index is 12.2. The fourth-order valence-electron chi connectivity index (χ4n) is 2.05. The standard InChI is InChI=1S/C15H16ClN5O4/c1-7-6-8(2)21(20-7)11-5-4-10(16)12(18-11)14(23)25-9(3)13(22)19-15(17)24/h4-6,9H,1-3H3,(H3,17,19,22,24). The summed E-state index contributed by atoms with van der Waals surface area (Å²) < 4.78 is 6.52. The molecule has 2 heterocycles. The minimum absolute atomic E-state index is 0.0535. The second-order valence-corrected chi connectivity index (χ2v) is 5.65. The molecule has 0 aliphatic heterocycles. The van der Waals surface area contributed by atoms with E-state index in [1.54, 1.807) is 10.7 Å². The van der Waals surface area contributed by atoms with Crippen molar-refractivity contribution >= 4 is 29.5 Å². The van der Waals surface area contributed by atoms with Gasteiger partial charge in [-0.1, -0.05) is 11.6 Å². The molecule has 10 heteroatoms. The summed E-state index contributed by atoms with van der Waals surface area (Å²) in [6.07, 6.45) is -1.25. The molecule has 0 saturated carbocycles. The van der Waals surface area contributed by atoms with Crippen LogP contribution in [-0.2, 0) is 9.53 Å². The Morgan fingerprint density at radius 3 is 2.56 bits per heavy atom. The fraction of sp³-hybridized carbons (Fsp3) is 0.267. The summed E-state index contributed by atoms with van der Waals surface area (Å²) in [6, 6.07) is 3.88. The first-order chi connectivity index (χ1) is 11.7. The lowest BCUT2D eigenvalue weighted by Crippen LogP contribution is -2.42. The molecule has 2 rings (SSSR count). The first-order valence-corrected chi connectivity index (χ1v) is 7.58. The van der Waals surface area contributed by atoms with Crippen LogP contribution in [0.2, 0.25) is 5.02 Å². The first-order valence-electron chi connectivity index (χ1n) is 7.20. The molecule has 25 heavy (non-hydrogen) atoms. The highest BCUT2D eigenvalue weighted by molar-refractivity contribution is 6.33. The van der Waals surface area contributed by atoms with Crippen molar-refractivity contribution < 1.29 is 19.1 Å². The Bertz CT molecular complexity index is 848. The van der Waals surface area contributed by atoms with Crippen LogP contribution in [0.15, 0.2) is 18.2 Å². The van der Waals surface area contributed by atoms with Crippen molar-refractivity contribution in [3.8, 4) is 5.82 Å². The number of aromatic nitrogens is 3. The number of amides is 3. The number of nitrogens with zero attached hydrogens (tertiary/aromatic N) is 3. The Hall–Kier alpha value is -2.94. The zero-order valence-corrected chi connectivity index (χ0v) is 14.5. The molecule has 0 bridgehead atoms. The van der Waals surface area contributed by atoms with Crippen LogP contribution in [0, 0.1) is 13.8 Å². The summed E-state index contributed by atoms with van der Waals surface area (Å²) in [5, 5.41) is 6.15. The van der Waals surface area contributed by atoms with Gasteiger partial charge in [-0.3, -0.25) is 10.1 Å². The van der Waals surface area contributed by atoms with Gasteiger partial charge in [0, 0.05) is 5.69 Å². The van der Waals surface area contributed by atoms with Crippen LogP contribution in [0.1, 0.15) is 28.8 Å². The van der Waals surface area contributed by atoms with Gasteiger partial charge in [-0.25, -0.2) is 19.3 Å². The van der Waals surface area contributed by atoms with Crippen LogP contribution in [0.5, 0.6) is 0 Å². The number of imide groups is 1. The van der Waals surface area contributed by atoms with Gasteiger partial charge >= 0.3 is 12.0 Å². The van der Waals surface area contributed by atoms with Crippen LogP contribution >= 0.6 is 11.6 Å². The van der Waals surface area contributed by atoms with E-state index in [9.17, 15) is 14.4 Å². The fourth-order valence-corrected chi connectivity index (χ4v) is 2.23. The van der Waals surface area contributed by atoms with Gasteiger partial charge in [0.05, 0.1) is 10.7 Å². The summed E-state index contributed by atoms with van der Waals surface area (Å²) in [4.78, 5) is 38.7. The molecule has 3 N–H and O–H groups in total. The minimum Gasteiger partial charge on any atom is -0.448 e. The van der Waals surface area contributed by atoms with Crippen LogP contribution in [-0.4, -0.2) is 38.8 Å². The number of nitrogens with two attached hydrogens (primary N) is 1. The summed E-state index contributed by atoms with van der Waals surface area (Å²) in [5.74, 6) is -1.40. The van der Waals surface area contributed by atoms with Crippen molar-refractivity contribution in [1.82, 2.24) is 20.1 Å². The molecule has 2 aromatic rings. The van der Waals surface area contributed by atoms with Crippen LogP contribution in [0.4, 0.5) is 4.79 Å². The molecule has 3 amide bonds. The second kappa shape index (κ2) is 7.31. The third-order valence-corrected chi connectivity index (χ3v) is 3.46. The van der Waals surface area contributed by atoms with E-state index in [2.05, 4.69) is 10.1 Å². The minimum atomic E-state index is -1.25. The molecule has 0 aliphatic rings. The lowest BCUT2D eigenvalue weighted by atomic mass is 10.3. The maximum atomic E-state index is 12.2. The van der Waals surface area contributed by atoms with Crippen LogP contribution in [0.25, 0.3) is 5.82 Å². The quantitative estimate of drug-likeness (QED) is 0.785. The third kappa shape index (κ3) is 4.32. The number of carbonyl (C=O) groups excluding carboxylic acids is 3. The molecule has 0 saturated heterocycles. The molecule has 2 aromatic heterocycles. The molecular weight excluding hydrogens is 350 g/mol. The number of rotatable bonds is 4. The lowest BCUT2D eigenvalue weighted by molar-refractivity contribution is -0.127. The van der Waals surface area contributed by atoms with Gasteiger partial charge < -0.3 is 10.5 Å². The average molecular weight is 366 g/mol. The van der Waals surface area contributed by atoms with E-state index in [0.717, 1.165) is 11.4 Å². The molecular formula is C15H16ClN5O4. The molecule has 0 fully saturated rings. The highest BCUT2D eigenvalue weighted by Crippen LogP contribution is 2.19. The molecule has 0 spiro atoms. The van der Waals surface area contributed by atoms with E-state index in [1.165, 1.54) is 13.0 Å². The highest BCUT2D eigenvalue weighted by Gasteiger charge is 2.23. The highest BCUT2D eigenvalue weighted by atomic mass is 35.5. The molecule has 0 radical (unpaired) electrons. The Morgan fingerprint density at radius 1 is 1.32 bits per heavy atom. The monoisotopic (exact) mass is 365 g/mol. The number of pyridine rings is 1. The summed E-state index contributed by atoms with van der Waals surface area (Å²) in [7, 11) is 0. The van der Waals surface area contributed by atoms with E-state index in [0.29, 0.717) is 5.82 Å². The number of ether oxygens (including phenoxy) is 1. The van der Waals surface area contributed by atoms with Crippen molar-refractivity contribution in [3.63, 3.8) is 0 Å². The number of hydrogen-bond acceptors (Lipinski definition) is 6. The molecule has 0 aromatic carbocycles. The van der Waals surface area contributed by atoms with Gasteiger partial charge in [-0.2, -0.15) is 5.10 Å². The molecule has 1 unspecified atom stereocenters. The normalized spacial score (nSPS) is 11.7. The molecule has 0 aliphatic carbocycles. The van der Waals surface area contributed by atoms with Crippen molar-refractivity contribution in [2.45, 2.75) is 26.9 Å². The van der Waals surface area contributed by atoms with E-state index in [4.69, 9.17) is 22.1 Å². The topological polar surface area (TPSA) is 129 Å². The number of urea groups is 1. The van der Waals surface area contributed by atoms with Gasteiger partial charge in [0.2, 0.25) is 0 Å². The van der Waals surface area contributed by atoms with Gasteiger partial charge in [0.15, 0.2) is 17.6 Å². The number of esters is 1. The number of hydrogen-bond donors (Lipinski definition) is 2. The first kappa shape index (κ1) is 18.4. The number of carbonyl (C=O) groups is 3. The molecule has 9 nitrogen and oxygen atoms in total. The lowest BCUT2D eigenvalue weighted by Gasteiger charge is -2.13. The smallest absolute Gasteiger partial charge is 0.359 e. The largest absolute Gasteiger partial charge is 0.448 e. The van der Waals surface area contributed by atoms with Crippen molar-refractivity contribution in [2.24, 2.45) is 5.73 Å². The second-order valence-electron chi connectivity index (χ2n) is 5.24.